The van der Waals surface area contributed by atoms with Crippen LogP contribution in [0, 0.1) is 6.92 Å². The molecule has 23 heavy (non-hydrogen) atoms. The fraction of sp³-hybridized carbons (Fsp3) is 0.231. The Morgan fingerprint density at radius 1 is 1.22 bits per heavy atom. The van der Waals surface area contributed by atoms with Crippen molar-refractivity contribution in [2.75, 3.05) is 0 Å². The summed E-state index contributed by atoms with van der Waals surface area (Å²) in [5, 5.41) is 9.11. The first-order valence-electron chi connectivity index (χ1n) is 6.10. The minimum Gasteiger partial charge on any atom is -0.506 e. The molecule has 1 aromatic carbocycles. The quantitative estimate of drug-likeness (QED) is 0.855. The molecule has 0 aliphatic rings. The molecule has 0 aliphatic carbocycles. The van der Waals surface area contributed by atoms with Gasteiger partial charge < -0.3 is 10.1 Å². The predicted octanol–water partition coefficient (Wildman–Crippen LogP) is 2.92. The summed E-state index contributed by atoms with van der Waals surface area (Å²) in [6.07, 6.45) is -4.85. The highest BCUT2D eigenvalue weighted by Gasteiger charge is 2.35. The number of aromatic hydroxyl groups is 1. The zero-order valence-electron chi connectivity index (χ0n) is 11.5. The maximum atomic E-state index is 12.7. The van der Waals surface area contributed by atoms with Gasteiger partial charge in [-0.25, -0.2) is 4.79 Å². The topological polar surface area (TPSA) is 75.1 Å². The molecule has 0 fully saturated rings. The van der Waals surface area contributed by atoms with Gasteiger partial charge in [-0.2, -0.15) is 13.2 Å². The lowest BCUT2D eigenvalue weighted by atomic mass is 10.2. The molecular weight excluding hydrogens is 360 g/mol. The number of aromatic nitrogens is 2. The maximum Gasteiger partial charge on any atom is 0.431 e. The van der Waals surface area contributed by atoms with E-state index in [9.17, 15) is 27.9 Å². The molecule has 0 unspecified atom stereocenters. The number of halogens is 5. The van der Waals surface area contributed by atoms with E-state index in [2.05, 4.69) is 0 Å². The third-order valence-corrected chi connectivity index (χ3v) is 4.08. The zero-order valence-corrected chi connectivity index (χ0v) is 13.0. The second-order valence-electron chi connectivity index (χ2n) is 4.69. The summed E-state index contributed by atoms with van der Waals surface area (Å²) < 4.78 is 38.8. The third-order valence-electron chi connectivity index (χ3n) is 3.17. The molecule has 0 aliphatic heterocycles. The van der Waals surface area contributed by atoms with Gasteiger partial charge in [0.2, 0.25) is 0 Å². The van der Waals surface area contributed by atoms with Crippen LogP contribution in [0.15, 0.2) is 21.7 Å². The third kappa shape index (κ3) is 3.23. The second-order valence-corrected chi connectivity index (χ2v) is 5.45. The number of rotatable bonds is 2. The van der Waals surface area contributed by atoms with E-state index >= 15 is 0 Å². The van der Waals surface area contributed by atoms with E-state index in [0.717, 1.165) is 6.92 Å². The van der Waals surface area contributed by atoms with Crippen molar-refractivity contribution in [2.45, 2.75) is 19.6 Å². The van der Waals surface area contributed by atoms with Gasteiger partial charge in [0.25, 0.3) is 5.56 Å². The predicted molar refractivity (Wildman–Crippen MR) is 78.3 cm³/mol. The molecule has 1 aromatic heterocycles. The van der Waals surface area contributed by atoms with Gasteiger partial charge in [0.05, 0.1) is 11.6 Å². The minimum atomic E-state index is -4.85. The van der Waals surface area contributed by atoms with Gasteiger partial charge in [-0.3, -0.25) is 9.36 Å². The van der Waals surface area contributed by atoms with Gasteiger partial charge >= 0.3 is 11.9 Å². The van der Waals surface area contributed by atoms with Crippen molar-refractivity contribution >= 4 is 23.2 Å². The summed E-state index contributed by atoms with van der Waals surface area (Å²) in [5.41, 5.74) is -4.16. The van der Waals surface area contributed by atoms with Crippen molar-refractivity contribution in [3.05, 3.63) is 59.8 Å². The SMILES string of the molecule is Cc1c(C(F)(F)F)[nH]c(=O)n(Cc2ccc(O)c(Cl)c2Cl)c1=O. The smallest absolute Gasteiger partial charge is 0.431 e. The van der Waals surface area contributed by atoms with Crippen molar-refractivity contribution in [3.63, 3.8) is 0 Å². The summed E-state index contributed by atoms with van der Waals surface area (Å²) in [5.74, 6) is -0.301. The summed E-state index contributed by atoms with van der Waals surface area (Å²) in [6, 6.07) is 2.50. The van der Waals surface area contributed by atoms with Crippen molar-refractivity contribution in [1.82, 2.24) is 9.55 Å². The monoisotopic (exact) mass is 368 g/mol. The van der Waals surface area contributed by atoms with E-state index in [1.165, 1.54) is 12.1 Å². The molecule has 0 saturated carbocycles. The molecule has 2 rings (SSSR count). The second kappa shape index (κ2) is 5.93. The molecule has 0 radical (unpaired) electrons. The maximum absolute atomic E-state index is 12.7. The fourth-order valence-electron chi connectivity index (χ4n) is 1.97. The molecule has 124 valence electrons. The van der Waals surface area contributed by atoms with Gasteiger partial charge in [0.15, 0.2) is 0 Å². The molecule has 1 heterocycles. The standard InChI is InChI=1S/C13H9Cl2F3N2O3/c1-5-10(13(16,17)18)19-12(23)20(11(5)22)4-6-2-3-7(21)9(15)8(6)14/h2-3,21H,4H2,1H3,(H,19,23). The largest absolute Gasteiger partial charge is 0.506 e. The van der Waals surface area contributed by atoms with Crippen LogP contribution in [0.2, 0.25) is 10.0 Å². The van der Waals surface area contributed by atoms with E-state index in [0.29, 0.717) is 4.57 Å². The normalized spacial score (nSPS) is 11.7. The number of aromatic amines is 1. The average molecular weight is 369 g/mol. The van der Waals surface area contributed by atoms with Crippen LogP contribution >= 0.6 is 23.2 Å². The molecule has 0 saturated heterocycles. The molecule has 0 amide bonds. The summed E-state index contributed by atoms with van der Waals surface area (Å²) >= 11 is 11.6. The molecule has 0 spiro atoms. The lowest BCUT2D eigenvalue weighted by Crippen LogP contribution is -2.39. The Morgan fingerprint density at radius 2 is 1.83 bits per heavy atom. The Morgan fingerprint density at radius 3 is 2.39 bits per heavy atom. The highest BCUT2D eigenvalue weighted by Crippen LogP contribution is 2.34. The van der Waals surface area contributed by atoms with Crippen LogP contribution in [0.5, 0.6) is 5.75 Å². The first-order valence-corrected chi connectivity index (χ1v) is 6.86. The Balaban J connectivity index is 2.59. The minimum absolute atomic E-state index is 0.101. The van der Waals surface area contributed by atoms with Crippen molar-refractivity contribution in [2.24, 2.45) is 0 Å². The molecule has 5 nitrogen and oxygen atoms in total. The van der Waals surface area contributed by atoms with Crippen LogP contribution in [0.3, 0.4) is 0 Å². The van der Waals surface area contributed by atoms with Gasteiger partial charge in [-0.15, -0.1) is 0 Å². The summed E-state index contributed by atoms with van der Waals surface area (Å²) in [4.78, 5) is 25.5. The number of nitrogens with zero attached hydrogens (tertiary/aromatic N) is 1. The molecule has 0 atom stereocenters. The molecule has 10 heteroatoms. The molecule has 2 aromatic rings. The number of hydrogen-bond acceptors (Lipinski definition) is 3. The van der Waals surface area contributed by atoms with Gasteiger partial charge in [0.1, 0.15) is 16.5 Å². The van der Waals surface area contributed by atoms with Crippen LogP contribution in [-0.2, 0) is 12.7 Å². The van der Waals surface area contributed by atoms with Crippen molar-refractivity contribution < 1.29 is 18.3 Å². The Hall–Kier alpha value is -1.93. The van der Waals surface area contributed by atoms with Crippen LogP contribution in [0.4, 0.5) is 13.2 Å². The number of hydrogen-bond donors (Lipinski definition) is 2. The number of H-pyrrole nitrogens is 1. The lowest BCUT2D eigenvalue weighted by molar-refractivity contribution is -0.142. The Labute approximate surface area is 136 Å². The van der Waals surface area contributed by atoms with E-state index in [-0.39, 0.29) is 21.4 Å². The number of phenols is 1. The number of nitrogens with one attached hydrogen (secondary N) is 1. The highest BCUT2D eigenvalue weighted by molar-refractivity contribution is 6.43. The average Bonchev–Trinajstić information content (AvgIpc) is 2.46. The number of benzene rings is 1. The summed E-state index contributed by atoms with van der Waals surface area (Å²) in [6.45, 7) is 0.564. The number of phenolic OH excluding ortho intramolecular Hbond substituents is 1. The van der Waals surface area contributed by atoms with E-state index in [1.807, 2.05) is 0 Å². The Bertz CT molecular complexity index is 888. The van der Waals surface area contributed by atoms with Crippen LogP contribution in [0.25, 0.3) is 0 Å². The van der Waals surface area contributed by atoms with Crippen LogP contribution in [-0.4, -0.2) is 14.7 Å². The first kappa shape index (κ1) is 17.4. The lowest BCUT2D eigenvalue weighted by Gasteiger charge is -2.13. The zero-order chi connectivity index (χ0) is 17.5. The van der Waals surface area contributed by atoms with Crippen molar-refractivity contribution in [1.29, 1.82) is 0 Å². The van der Waals surface area contributed by atoms with Gasteiger partial charge in [-0.1, -0.05) is 29.3 Å². The van der Waals surface area contributed by atoms with Gasteiger partial charge in [-0.05, 0) is 18.6 Å². The van der Waals surface area contributed by atoms with Crippen LogP contribution < -0.4 is 11.2 Å². The highest BCUT2D eigenvalue weighted by atomic mass is 35.5. The molecule has 0 bridgehead atoms. The van der Waals surface area contributed by atoms with E-state index < -0.39 is 35.2 Å². The summed E-state index contributed by atoms with van der Waals surface area (Å²) in [7, 11) is 0. The first-order chi connectivity index (χ1) is 10.5. The number of alkyl halides is 3. The molecular formula is C13H9Cl2F3N2O3. The van der Waals surface area contributed by atoms with Crippen LogP contribution in [0.1, 0.15) is 16.8 Å². The fourth-order valence-corrected chi connectivity index (χ4v) is 2.37. The van der Waals surface area contributed by atoms with E-state index in [4.69, 9.17) is 23.2 Å². The van der Waals surface area contributed by atoms with E-state index in [1.54, 1.807) is 4.98 Å². The van der Waals surface area contributed by atoms with Gasteiger partial charge in [0, 0.05) is 5.56 Å². The Kier molecular flexibility index (Phi) is 4.50. The molecule has 2 N–H and O–H groups in total. The van der Waals surface area contributed by atoms with Crippen molar-refractivity contribution in [3.8, 4) is 5.75 Å².